The van der Waals surface area contributed by atoms with Gasteiger partial charge in [0.2, 0.25) is 5.91 Å². The summed E-state index contributed by atoms with van der Waals surface area (Å²) in [6, 6.07) is 15.4. The number of rotatable bonds is 1. The number of hydrogen-bond acceptors (Lipinski definition) is 2. The molecule has 3 rings (SSSR count). The van der Waals surface area contributed by atoms with E-state index in [1.165, 1.54) is 0 Å². The number of carbonyl (C=O) groups is 1. The number of para-hydroxylation sites is 1. The Labute approximate surface area is 116 Å². The number of amides is 1. The van der Waals surface area contributed by atoms with Crippen LogP contribution in [0, 0.1) is 0 Å². The smallest absolute Gasteiger partial charge is 0.238 e. The Kier molecular flexibility index (Phi) is 3.23. The third-order valence-electron chi connectivity index (χ3n) is 3.23. The zero-order chi connectivity index (χ0) is 13.2. The number of anilines is 1. The van der Waals surface area contributed by atoms with Gasteiger partial charge in [0.1, 0.15) is 0 Å². The molecule has 0 radical (unpaired) electrons. The topological polar surface area (TPSA) is 41.1 Å². The van der Waals surface area contributed by atoms with Crippen LogP contribution in [-0.4, -0.2) is 12.5 Å². The number of nitrogens with one attached hydrogen (secondary N) is 2. The van der Waals surface area contributed by atoms with Gasteiger partial charge in [-0.1, -0.05) is 48.0 Å². The van der Waals surface area contributed by atoms with E-state index in [4.69, 9.17) is 11.6 Å². The molecule has 0 fully saturated rings. The van der Waals surface area contributed by atoms with Gasteiger partial charge >= 0.3 is 0 Å². The first-order valence-electron chi connectivity index (χ1n) is 6.12. The summed E-state index contributed by atoms with van der Waals surface area (Å²) in [7, 11) is 0. The Balaban J connectivity index is 2.12. The molecule has 2 aromatic carbocycles. The van der Waals surface area contributed by atoms with Gasteiger partial charge in [-0.05, 0) is 23.3 Å². The van der Waals surface area contributed by atoms with Crippen molar-refractivity contribution in [3.8, 4) is 0 Å². The van der Waals surface area contributed by atoms with Crippen molar-refractivity contribution in [3.63, 3.8) is 0 Å². The number of benzene rings is 2. The van der Waals surface area contributed by atoms with Gasteiger partial charge in [0.25, 0.3) is 0 Å². The fourth-order valence-corrected chi connectivity index (χ4v) is 2.59. The van der Waals surface area contributed by atoms with Crippen LogP contribution < -0.4 is 10.6 Å². The summed E-state index contributed by atoms with van der Waals surface area (Å²) in [5.74, 6) is -0.0398. The van der Waals surface area contributed by atoms with Gasteiger partial charge in [-0.15, -0.1) is 0 Å². The van der Waals surface area contributed by atoms with E-state index < -0.39 is 0 Å². The van der Waals surface area contributed by atoms with Crippen LogP contribution in [0.4, 0.5) is 5.69 Å². The van der Waals surface area contributed by atoms with Crippen molar-refractivity contribution in [2.24, 2.45) is 0 Å². The van der Waals surface area contributed by atoms with Crippen molar-refractivity contribution in [3.05, 3.63) is 64.7 Å². The third-order valence-corrected chi connectivity index (χ3v) is 3.57. The minimum Gasteiger partial charge on any atom is -0.325 e. The maximum Gasteiger partial charge on any atom is 0.238 e. The second-order valence-corrected chi connectivity index (χ2v) is 4.88. The molecule has 2 aromatic rings. The van der Waals surface area contributed by atoms with Gasteiger partial charge in [0.15, 0.2) is 0 Å². The maximum atomic E-state index is 11.7. The van der Waals surface area contributed by atoms with Crippen molar-refractivity contribution in [2.45, 2.75) is 6.04 Å². The molecule has 96 valence electrons. The first-order chi connectivity index (χ1) is 9.25. The molecule has 1 heterocycles. The van der Waals surface area contributed by atoms with Gasteiger partial charge in [0.05, 0.1) is 12.6 Å². The van der Waals surface area contributed by atoms with Gasteiger partial charge in [-0.2, -0.15) is 0 Å². The molecule has 3 nitrogen and oxygen atoms in total. The van der Waals surface area contributed by atoms with Gasteiger partial charge in [-0.25, -0.2) is 0 Å². The summed E-state index contributed by atoms with van der Waals surface area (Å²) in [6.07, 6.45) is 0. The molecule has 0 saturated heterocycles. The normalized spacial score (nSPS) is 18.4. The molecule has 0 spiro atoms. The van der Waals surface area contributed by atoms with Crippen LogP contribution in [0.2, 0.25) is 5.02 Å². The summed E-state index contributed by atoms with van der Waals surface area (Å²) < 4.78 is 0. The lowest BCUT2D eigenvalue weighted by Gasteiger charge is -2.19. The Morgan fingerprint density at radius 1 is 1.00 bits per heavy atom. The minimum atomic E-state index is -0.0798. The molecule has 1 atom stereocenters. The molecular weight excluding hydrogens is 260 g/mol. The number of hydrogen-bond donors (Lipinski definition) is 2. The lowest BCUT2D eigenvalue weighted by atomic mass is 9.97. The molecule has 0 aromatic heterocycles. The second kappa shape index (κ2) is 5.03. The Bertz CT molecular complexity index is 627. The summed E-state index contributed by atoms with van der Waals surface area (Å²) in [5.41, 5.74) is 2.84. The molecule has 0 bridgehead atoms. The predicted octanol–water partition coefficient (Wildman–Crippen LogP) is 2.97. The quantitative estimate of drug-likeness (QED) is 0.838. The van der Waals surface area contributed by atoms with Crippen molar-refractivity contribution in [1.82, 2.24) is 5.32 Å². The van der Waals surface area contributed by atoms with Crippen molar-refractivity contribution >= 4 is 23.2 Å². The Morgan fingerprint density at radius 3 is 2.47 bits per heavy atom. The molecule has 4 heteroatoms. The highest BCUT2D eigenvalue weighted by molar-refractivity contribution is 6.31. The highest BCUT2D eigenvalue weighted by Crippen LogP contribution is 2.33. The third kappa shape index (κ3) is 2.35. The lowest BCUT2D eigenvalue weighted by Crippen LogP contribution is -2.27. The number of halogens is 1. The van der Waals surface area contributed by atoms with E-state index in [0.29, 0.717) is 5.02 Å². The van der Waals surface area contributed by atoms with Gasteiger partial charge in [0, 0.05) is 10.7 Å². The minimum absolute atomic E-state index is 0.0398. The highest BCUT2D eigenvalue weighted by Gasteiger charge is 2.23. The Hall–Kier alpha value is -1.84. The second-order valence-electron chi connectivity index (χ2n) is 4.47. The van der Waals surface area contributed by atoms with E-state index in [0.717, 1.165) is 16.8 Å². The lowest BCUT2D eigenvalue weighted by molar-refractivity contribution is -0.115. The van der Waals surface area contributed by atoms with Gasteiger partial charge in [-0.3, -0.25) is 10.1 Å². The summed E-state index contributed by atoms with van der Waals surface area (Å²) in [6.45, 7) is 0.268. The molecule has 1 amide bonds. The van der Waals surface area contributed by atoms with Crippen LogP contribution in [-0.2, 0) is 4.79 Å². The molecule has 0 aliphatic carbocycles. The van der Waals surface area contributed by atoms with E-state index >= 15 is 0 Å². The standard InChI is InChI=1S/C15H13ClN2O/c16-12-7-3-1-5-10(12)15-11-6-2-4-8-13(11)18-14(19)9-17-15/h1-8,15,17H,9H2,(H,18,19). The average molecular weight is 273 g/mol. The zero-order valence-electron chi connectivity index (χ0n) is 10.2. The monoisotopic (exact) mass is 272 g/mol. The largest absolute Gasteiger partial charge is 0.325 e. The Morgan fingerprint density at radius 2 is 1.68 bits per heavy atom. The van der Waals surface area contributed by atoms with E-state index in [9.17, 15) is 4.79 Å². The molecule has 0 saturated carbocycles. The van der Waals surface area contributed by atoms with E-state index in [2.05, 4.69) is 10.6 Å². The molecule has 2 N–H and O–H groups in total. The average Bonchev–Trinajstić information content (AvgIpc) is 2.58. The van der Waals surface area contributed by atoms with Crippen LogP contribution in [0.25, 0.3) is 0 Å². The van der Waals surface area contributed by atoms with E-state index in [-0.39, 0.29) is 18.5 Å². The predicted molar refractivity (Wildman–Crippen MR) is 76.4 cm³/mol. The van der Waals surface area contributed by atoms with Crippen LogP contribution in [0.3, 0.4) is 0 Å². The van der Waals surface area contributed by atoms with Crippen molar-refractivity contribution in [1.29, 1.82) is 0 Å². The fourth-order valence-electron chi connectivity index (χ4n) is 2.35. The van der Waals surface area contributed by atoms with E-state index in [1.54, 1.807) is 0 Å². The summed E-state index contributed by atoms with van der Waals surface area (Å²) in [4.78, 5) is 11.7. The molecule has 1 aliphatic rings. The first kappa shape index (κ1) is 12.2. The van der Waals surface area contributed by atoms with Crippen LogP contribution in [0.1, 0.15) is 17.2 Å². The number of fused-ring (bicyclic) bond motifs is 1. The van der Waals surface area contributed by atoms with Crippen molar-refractivity contribution < 1.29 is 4.79 Å². The van der Waals surface area contributed by atoms with Gasteiger partial charge < -0.3 is 5.32 Å². The molecular formula is C15H13ClN2O. The van der Waals surface area contributed by atoms with Crippen LogP contribution in [0.15, 0.2) is 48.5 Å². The molecule has 1 aliphatic heterocycles. The fraction of sp³-hybridized carbons (Fsp3) is 0.133. The van der Waals surface area contributed by atoms with E-state index in [1.807, 2.05) is 48.5 Å². The SMILES string of the molecule is O=C1CNC(c2ccccc2Cl)c2ccccc2N1. The molecule has 1 unspecified atom stereocenters. The summed E-state index contributed by atoms with van der Waals surface area (Å²) >= 11 is 6.27. The first-order valence-corrected chi connectivity index (χ1v) is 6.50. The maximum absolute atomic E-state index is 11.7. The summed E-state index contributed by atoms with van der Waals surface area (Å²) in [5, 5.41) is 6.84. The molecule has 19 heavy (non-hydrogen) atoms. The zero-order valence-corrected chi connectivity index (χ0v) is 10.9. The van der Waals surface area contributed by atoms with Crippen LogP contribution >= 0.6 is 11.6 Å². The van der Waals surface area contributed by atoms with Crippen molar-refractivity contribution in [2.75, 3.05) is 11.9 Å². The van der Waals surface area contributed by atoms with Crippen LogP contribution in [0.5, 0.6) is 0 Å². The highest BCUT2D eigenvalue weighted by atomic mass is 35.5. The number of carbonyl (C=O) groups excluding carboxylic acids is 1.